The van der Waals surface area contributed by atoms with Crippen molar-refractivity contribution in [1.82, 2.24) is 10.3 Å². The van der Waals surface area contributed by atoms with Gasteiger partial charge in [-0.1, -0.05) is 25.1 Å². The van der Waals surface area contributed by atoms with Crippen LogP contribution in [0.5, 0.6) is 0 Å². The van der Waals surface area contributed by atoms with Crippen LogP contribution in [0.4, 0.5) is 13.2 Å². The van der Waals surface area contributed by atoms with E-state index >= 15 is 0 Å². The van der Waals surface area contributed by atoms with Gasteiger partial charge < -0.3 is 0 Å². The van der Waals surface area contributed by atoms with Crippen molar-refractivity contribution in [1.29, 1.82) is 0 Å². The summed E-state index contributed by atoms with van der Waals surface area (Å²) in [4.78, 5) is 12.8. The zero-order chi connectivity index (χ0) is 15.2. The predicted molar refractivity (Wildman–Crippen MR) is 69.7 cm³/mol. The van der Waals surface area contributed by atoms with Gasteiger partial charge in [-0.3, -0.25) is 15.1 Å². The Hall–Kier alpha value is -1.60. The van der Waals surface area contributed by atoms with Crippen LogP contribution in [0.1, 0.15) is 29.3 Å². The fourth-order valence-corrected chi connectivity index (χ4v) is 1.98. The standard InChI is InChI=1S/C13H18F3N3O/c1-2-7-19(9-13(14,15)16)8-10-5-3-4-6-11(10)12(20)18-17/h3-6H,2,7-9,17H2,1H3,(H,18,20). The van der Waals surface area contributed by atoms with Gasteiger partial charge in [-0.15, -0.1) is 0 Å². The first-order chi connectivity index (χ1) is 9.37. The van der Waals surface area contributed by atoms with Crippen molar-refractivity contribution in [2.45, 2.75) is 26.1 Å². The maximum absolute atomic E-state index is 12.5. The van der Waals surface area contributed by atoms with Crippen molar-refractivity contribution in [3.8, 4) is 0 Å². The summed E-state index contributed by atoms with van der Waals surface area (Å²) in [5, 5.41) is 0. The molecule has 0 radical (unpaired) electrons. The van der Waals surface area contributed by atoms with Crippen molar-refractivity contribution >= 4 is 5.91 Å². The lowest BCUT2D eigenvalue weighted by atomic mass is 10.1. The molecule has 1 aromatic rings. The van der Waals surface area contributed by atoms with E-state index in [0.717, 1.165) is 0 Å². The number of benzene rings is 1. The van der Waals surface area contributed by atoms with Crippen molar-refractivity contribution in [3.05, 3.63) is 35.4 Å². The highest BCUT2D eigenvalue weighted by molar-refractivity contribution is 5.95. The molecule has 4 nitrogen and oxygen atoms in total. The number of amides is 1. The van der Waals surface area contributed by atoms with Crippen LogP contribution in [-0.2, 0) is 6.54 Å². The van der Waals surface area contributed by atoms with Crippen LogP contribution in [-0.4, -0.2) is 30.1 Å². The van der Waals surface area contributed by atoms with Gasteiger partial charge in [0.15, 0.2) is 0 Å². The molecule has 0 spiro atoms. The molecular formula is C13H18F3N3O. The molecule has 0 aromatic heterocycles. The Morgan fingerprint density at radius 1 is 1.35 bits per heavy atom. The molecule has 0 saturated heterocycles. The minimum atomic E-state index is -4.26. The average Bonchev–Trinajstić information content (AvgIpc) is 2.37. The Morgan fingerprint density at radius 2 is 2.00 bits per heavy atom. The maximum atomic E-state index is 12.5. The molecule has 3 N–H and O–H groups in total. The van der Waals surface area contributed by atoms with Crippen LogP contribution in [0, 0.1) is 0 Å². The molecule has 0 aliphatic rings. The lowest BCUT2D eigenvalue weighted by Gasteiger charge is -2.24. The molecule has 0 fully saturated rings. The van der Waals surface area contributed by atoms with E-state index in [0.29, 0.717) is 24.1 Å². The second-order valence-electron chi connectivity index (χ2n) is 4.46. The second kappa shape index (κ2) is 7.25. The van der Waals surface area contributed by atoms with Gasteiger partial charge in [-0.25, -0.2) is 5.84 Å². The summed E-state index contributed by atoms with van der Waals surface area (Å²) in [6.45, 7) is 1.16. The molecule has 1 rings (SSSR count). The number of nitrogens with one attached hydrogen (secondary N) is 1. The number of carbonyl (C=O) groups excluding carboxylic acids is 1. The van der Waals surface area contributed by atoms with E-state index < -0.39 is 18.6 Å². The van der Waals surface area contributed by atoms with Gasteiger partial charge in [0.1, 0.15) is 0 Å². The minimum absolute atomic E-state index is 0.0525. The van der Waals surface area contributed by atoms with E-state index in [-0.39, 0.29) is 6.54 Å². The third-order valence-electron chi connectivity index (χ3n) is 2.73. The molecule has 0 unspecified atom stereocenters. The lowest BCUT2D eigenvalue weighted by molar-refractivity contribution is -0.147. The highest BCUT2D eigenvalue weighted by atomic mass is 19.4. The maximum Gasteiger partial charge on any atom is 0.401 e. The lowest BCUT2D eigenvalue weighted by Crippen LogP contribution is -2.36. The summed E-state index contributed by atoms with van der Waals surface area (Å²) >= 11 is 0. The molecule has 0 aliphatic heterocycles. The van der Waals surface area contributed by atoms with Crippen molar-refractivity contribution in [2.24, 2.45) is 5.84 Å². The summed E-state index contributed by atoms with van der Waals surface area (Å²) < 4.78 is 37.5. The Labute approximate surface area is 115 Å². The van der Waals surface area contributed by atoms with Gasteiger partial charge in [0, 0.05) is 12.1 Å². The molecule has 0 heterocycles. The molecule has 0 saturated carbocycles. The number of hydrogen-bond acceptors (Lipinski definition) is 3. The van der Waals surface area contributed by atoms with Crippen LogP contribution in [0.15, 0.2) is 24.3 Å². The van der Waals surface area contributed by atoms with E-state index in [9.17, 15) is 18.0 Å². The number of halogens is 3. The van der Waals surface area contributed by atoms with Crippen molar-refractivity contribution in [3.63, 3.8) is 0 Å². The van der Waals surface area contributed by atoms with Gasteiger partial charge >= 0.3 is 6.18 Å². The summed E-state index contributed by atoms with van der Waals surface area (Å²) in [7, 11) is 0. The van der Waals surface area contributed by atoms with Crippen LogP contribution < -0.4 is 11.3 Å². The smallest absolute Gasteiger partial charge is 0.291 e. The van der Waals surface area contributed by atoms with Gasteiger partial charge in [0.2, 0.25) is 0 Å². The van der Waals surface area contributed by atoms with E-state index in [1.54, 1.807) is 18.2 Å². The average molecular weight is 289 g/mol. The monoisotopic (exact) mass is 289 g/mol. The molecule has 0 bridgehead atoms. The first kappa shape index (κ1) is 16.5. The van der Waals surface area contributed by atoms with Crippen LogP contribution in [0.3, 0.4) is 0 Å². The fourth-order valence-electron chi connectivity index (χ4n) is 1.98. The fraction of sp³-hybridized carbons (Fsp3) is 0.462. The van der Waals surface area contributed by atoms with E-state index in [4.69, 9.17) is 5.84 Å². The largest absolute Gasteiger partial charge is 0.401 e. The van der Waals surface area contributed by atoms with Crippen LogP contribution >= 0.6 is 0 Å². The molecule has 0 aliphatic carbocycles. The number of hydrogen-bond donors (Lipinski definition) is 2. The van der Waals surface area contributed by atoms with Crippen molar-refractivity contribution < 1.29 is 18.0 Å². The number of alkyl halides is 3. The molecule has 1 amide bonds. The Kier molecular flexibility index (Phi) is 5.97. The normalized spacial score (nSPS) is 11.7. The van der Waals surface area contributed by atoms with E-state index in [1.165, 1.54) is 11.0 Å². The third kappa shape index (κ3) is 5.18. The van der Waals surface area contributed by atoms with E-state index in [2.05, 4.69) is 0 Å². The van der Waals surface area contributed by atoms with E-state index in [1.807, 2.05) is 12.3 Å². The quantitative estimate of drug-likeness (QED) is 0.479. The molecule has 0 atom stereocenters. The number of rotatable bonds is 6. The second-order valence-corrected chi connectivity index (χ2v) is 4.46. The first-order valence-electron chi connectivity index (χ1n) is 6.25. The minimum Gasteiger partial charge on any atom is -0.291 e. The third-order valence-corrected chi connectivity index (χ3v) is 2.73. The van der Waals surface area contributed by atoms with Crippen LogP contribution in [0.25, 0.3) is 0 Å². The van der Waals surface area contributed by atoms with Gasteiger partial charge in [-0.2, -0.15) is 13.2 Å². The first-order valence-corrected chi connectivity index (χ1v) is 6.25. The molecule has 112 valence electrons. The zero-order valence-corrected chi connectivity index (χ0v) is 11.2. The SMILES string of the molecule is CCCN(Cc1ccccc1C(=O)NN)CC(F)(F)F. The Morgan fingerprint density at radius 3 is 2.55 bits per heavy atom. The Balaban J connectivity index is 2.90. The van der Waals surface area contributed by atoms with Gasteiger partial charge in [0.25, 0.3) is 5.91 Å². The molecule has 1 aromatic carbocycles. The van der Waals surface area contributed by atoms with Crippen molar-refractivity contribution in [2.75, 3.05) is 13.1 Å². The zero-order valence-electron chi connectivity index (χ0n) is 11.2. The molecular weight excluding hydrogens is 271 g/mol. The highest BCUT2D eigenvalue weighted by Crippen LogP contribution is 2.19. The summed E-state index contributed by atoms with van der Waals surface area (Å²) in [6, 6.07) is 6.49. The topological polar surface area (TPSA) is 58.4 Å². The summed E-state index contributed by atoms with van der Waals surface area (Å²) in [6.07, 6.45) is -3.67. The number of carbonyl (C=O) groups is 1. The van der Waals surface area contributed by atoms with Gasteiger partial charge in [0.05, 0.1) is 6.54 Å². The van der Waals surface area contributed by atoms with Crippen LogP contribution in [0.2, 0.25) is 0 Å². The number of nitrogens with two attached hydrogens (primary N) is 1. The summed E-state index contributed by atoms with van der Waals surface area (Å²) in [5.74, 6) is 4.56. The summed E-state index contributed by atoms with van der Waals surface area (Å²) in [5.41, 5.74) is 2.81. The number of nitrogens with zero attached hydrogens (tertiary/aromatic N) is 1. The predicted octanol–water partition coefficient (Wildman–Crippen LogP) is 2.06. The Bertz CT molecular complexity index is 449. The number of nitrogen functional groups attached to an aromatic ring is 1. The highest BCUT2D eigenvalue weighted by Gasteiger charge is 2.30. The number of hydrazine groups is 1. The molecule has 7 heteroatoms. The van der Waals surface area contributed by atoms with Gasteiger partial charge in [-0.05, 0) is 24.6 Å². The molecule has 20 heavy (non-hydrogen) atoms.